The van der Waals surface area contributed by atoms with Gasteiger partial charge in [0.1, 0.15) is 13.2 Å². The first-order valence-corrected chi connectivity index (χ1v) is 20.1. The van der Waals surface area contributed by atoms with Crippen LogP contribution in [0, 0.1) is 0 Å². The smallest absolute Gasteiger partial charge is 0.338 e. The number of unbranched alkanes of at least 4 members (excludes halogenated alkanes) is 12. The molecule has 0 heterocycles. The predicted octanol–water partition coefficient (Wildman–Crippen LogP) is 10.4. The molecule has 0 atom stereocenters. The molecule has 0 bridgehead atoms. The lowest BCUT2D eigenvalue weighted by Gasteiger charge is -2.23. The molecule has 1 rings (SSSR count). The number of ether oxygens (including phenoxy) is 2. The summed E-state index contributed by atoms with van der Waals surface area (Å²) in [7, 11) is 4.04. The van der Waals surface area contributed by atoms with Crippen LogP contribution in [0.3, 0.4) is 0 Å². The summed E-state index contributed by atoms with van der Waals surface area (Å²) in [6.45, 7) is 7.42. The van der Waals surface area contributed by atoms with Crippen molar-refractivity contribution in [1.29, 1.82) is 0 Å². The molecule has 7 nitrogen and oxygen atoms in total. The van der Waals surface area contributed by atoms with Crippen molar-refractivity contribution >= 4 is 28.9 Å². The van der Waals surface area contributed by atoms with Gasteiger partial charge in [0.2, 0.25) is 0 Å². The summed E-state index contributed by atoms with van der Waals surface area (Å²) in [5, 5.41) is 0.146. The van der Waals surface area contributed by atoms with Gasteiger partial charge in [0.15, 0.2) is 0 Å². The maximum absolute atomic E-state index is 13.1. The molecular weight excluding hydrogens is 633 g/mol. The van der Waals surface area contributed by atoms with E-state index in [-0.39, 0.29) is 17.2 Å². The largest absolute Gasteiger partial charge is 0.461 e. The van der Waals surface area contributed by atoms with Crippen LogP contribution in [0.2, 0.25) is 0 Å². The molecule has 1 amide bonds. The van der Waals surface area contributed by atoms with E-state index < -0.39 is 0 Å². The molecule has 1 aromatic rings. The average molecular weight is 701 g/mol. The average Bonchev–Trinajstić information content (AvgIpc) is 3.09. The van der Waals surface area contributed by atoms with Gasteiger partial charge in [-0.2, -0.15) is 0 Å². The van der Waals surface area contributed by atoms with E-state index in [1.54, 1.807) is 0 Å². The number of allylic oxidation sites excluding steroid dienone is 2. The number of hydrogen-bond donors (Lipinski definition) is 0. The third-order valence-electron chi connectivity index (χ3n) is 8.35. The van der Waals surface area contributed by atoms with Crippen molar-refractivity contribution < 1.29 is 23.9 Å². The van der Waals surface area contributed by atoms with Crippen LogP contribution in [-0.2, 0) is 20.7 Å². The number of thioether (sulfide) groups is 1. The Morgan fingerprint density at radius 2 is 1.22 bits per heavy atom. The number of carbonyl (C=O) groups is 3. The fourth-order valence-electron chi connectivity index (χ4n) is 5.26. The van der Waals surface area contributed by atoms with E-state index in [9.17, 15) is 14.4 Å². The van der Waals surface area contributed by atoms with E-state index in [1.165, 1.54) is 63.1 Å². The van der Waals surface area contributed by atoms with Crippen molar-refractivity contribution in [3.8, 4) is 0 Å². The standard InChI is InChI=1S/C41H68N2O5S/c1-5-7-9-11-13-18-22-34-47-39(44)26-20-16-15-17-21-31-43(41(46)49-36-33-42(3)4)32-24-25-37-27-29-38(30-28-37)40(45)48-35-23-19-14-12-10-8-6-2/h18-19,22-23,27-30H,5-17,20-21,24-26,31-36H2,1-4H3/b22-18-,23-19-. The molecule has 1 aromatic carbocycles. The van der Waals surface area contributed by atoms with Gasteiger partial charge < -0.3 is 19.3 Å². The number of esters is 2. The molecule has 0 aliphatic rings. The summed E-state index contributed by atoms with van der Waals surface area (Å²) in [4.78, 5) is 41.6. The van der Waals surface area contributed by atoms with Crippen molar-refractivity contribution in [1.82, 2.24) is 9.80 Å². The lowest BCUT2D eigenvalue weighted by molar-refractivity contribution is -0.142. The number of nitrogens with zero attached hydrogens (tertiary/aromatic N) is 2. The van der Waals surface area contributed by atoms with Crippen LogP contribution in [0.4, 0.5) is 4.79 Å². The molecule has 0 unspecified atom stereocenters. The first kappa shape index (κ1) is 44.4. The van der Waals surface area contributed by atoms with Crippen LogP contribution < -0.4 is 0 Å². The Bertz CT molecular complexity index is 1040. The maximum atomic E-state index is 13.1. The minimum absolute atomic E-state index is 0.118. The maximum Gasteiger partial charge on any atom is 0.338 e. The minimum atomic E-state index is -0.301. The van der Waals surface area contributed by atoms with Crippen molar-refractivity contribution in [3.05, 3.63) is 59.7 Å². The van der Waals surface area contributed by atoms with Crippen LogP contribution in [0.25, 0.3) is 0 Å². The molecule has 0 aliphatic carbocycles. The van der Waals surface area contributed by atoms with Gasteiger partial charge in [0.25, 0.3) is 5.24 Å². The normalized spacial score (nSPS) is 11.5. The molecule has 0 aliphatic heterocycles. The van der Waals surface area contributed by atoms with Crippen molar-refractivity contribution in [2.45, 2.75) is 129 Å². The zero-order chi connectivity index (χ0) is 35.8. The van der Waals surface area contributed by atoms with Gasteiger partial charge in [-0.05, 0) is 83.2 Å². The Balaban J connectivity index is 2.35. The first-order valence-electron chi connectivity index (χ1n) is 19.1. The Morgan fingerprint density at radius 1 is 0.653 bits per heavy atom. The number of rotatable bonds is 30. The second-order valence-corrected chi connectivity index (χ2v) is 14.2. The van der Waals surface area contributed by atoms with E-state index >= 15 is 0 Å². The molecule has 0 radical (unpaired) electrons. The Labute approximate surface area is 303 Å². The molecule has 0 aromatic heterocycles. The number of carbonyl (C=O) groups excluding carboxylic acids is 3. The Morgan fingerprint density at radius 3 is 1.86 bits per heavy atom. The van der Waals surface area contributed by atoms with Gasteiger partial charge in [-0.3, -0.25) is 9.59 Å². The van der Waals surface area contributed by atoms with E-state index in [4.69, 9.17) is 9.47 Å². The van der Waals surface area contributed by atoms with Crippen LogP contribution in [0.15, 0.2) is 48.6 Å². The van der Waals surface area contributed by atoms with E-state index in [0.29, 0.717) is 31.7 Å². The third kappa shape index (κ3) is 26.0. The van der Waals surface area contributed by atoms with Crippen molar-refractivity contribution in [3.63, 3.8) is 0 Å². The minimum Gasteiger partial charge on any atom is -0.461 e. The molecule has 0 N–H and O–H groups in total. The first-order chi connectivity index (χ1) is 23.9. The highest BCUT2D eigenvalue weighted by molar-refractivity contribution is 8.13. The van der Waals surface area contributed by atoms with Gasteiger partial charge in [0, 0.05) is 31.8 Å². The SMILES string of the molecule is CCCCCC/C=C\COC(=O)CCCCCCCN(CCCc1ccc(C(=O)OC/C=C\CCCCCC)cc1)C(=O)SCCN(C)C. The lowest BCUT2D eigenvalue weighted by atomic mass is 10.1. The van der Waals surface area contributed by atoms with Gasteiger partial charge in [0.05, 0.1) is 5.56 Å². The third-order valence-corrected chi connectivity index (χ3v) is 9.24. The summed E-state index contributed by atoms with van der Waals surface area (Å²) in [6.07, 6.45) is 27.2. The molecule has 0 saturated heterocycles. The second kappa shape index (κ2) is 31.4. The highest BCUT2D eigenvalue weighted by atomic mass is 32.2. The Kier molecular flexibility index (Phi) is 28.5. The molecule has 0 saturated carbocycles. The van der Waals surface area contributed by atoms with Crippen LogP contribution >= 0.6 is 11.8 Å². The fraction of sp³-hybridized carbons (Fsp3) is 0.683. The highest BCUT2D eigenvalue weighted by Gasteiger charge is 2.14. The molecule has 0 fully saturated rings. The van der Waals surface area contributed by atoms with E-state index in [0.717, 1.165) is 82.2 Å². The monoisotopic (exact) mass is 700 g/mol. The fourth-order valence-corrected chi connectivity index (χ4v) is 6.25. The van der Waals surface area contributed by atoms with Crippen LogP contribution in [-0.4, -0.2) is 79.7 Å². The summed E-state index contributed by atoms with van der Waals surface area (Å²) >= 11 is 1.40. The predicted molar refractivity (Wildman–Crippen MR) is 207 cm³/mol. The van der Waals surface area contributed by atoms with Gasteiger partial charge >= 0.3 is 11.9 Å². The second-order valence-electron chi connectivity index (χ2n) is 13.1. The summed E-state index contributed by atoms with van der Waals surface area (Å²) < 4.78 is 10.7. The summed E-state index contributed by atoms with van der Waals surface area (Å²) in [5.74, 6) is 0.359. The van der Waals surface area contributed by atoms with E-state index in [1.807, 2.05) is 55.4 Å². The molecule has 8 heteroatoms. The van der Waals surface area contributed by atoms with Crippen molar-refractivity contribution in [2.24, 2.45) is 0 Å². The molecular formula is C41H68N2O5S. The van der Waals surface area contributed by atoms with Crippen LogP contribution in [0.1, 0.15) is 139 Å². The van der Waals surface area contributed by atoms with Crippen LogP contribution in [0.5, 0.6) is 0 Å². The molecule has 49 heavy (non-hydrogen) atoms. The zero-order valence-corrected chi connectivity index (χ0v) is 32.2. The van der Waals surface area contributed by atoms with Gasteiger partial charge in [-0.1, -0.05) is 120 Å². The lowest BCUT2D eigenvalue weighted by Crippen LogP contribution is -2.31. The van der Waals surface area contributed by atoms with Crippen molar-refractivity contribution in [2.75, 3.05) is 52.7 Å². The zero-order valence-electron chi connectivity index (χ0n) is 31.4. The van der Waals surface area contributed by atoms with Gasteiger partial charge in [-0.25, -0.2) is 4.79 Å². The highest BCUT2D eigenvalue weighted by Crippen LogP contribution is 2.15. The summed E-state index contributed by atoms with van der Waals surface area (Å²) in [5.41, 5.74) is 1.71. The topological polar surface area (TPSA) is 76.1 Å². The number of benzene rings is 1. The van der Waals surface area contributed by atoms with Gasteiger partial charge in [-0.15, -0.1) is 0 Å². The molecule has 278 valence electrons. The quantitative estimate of drug-likeness (QED) is 0.0449. The summed E-state index contributed by atoms with van der Waals surface area (Å²) in [6, 6.07) is 7.64. The number of aryl methyl sites for hydroxylation is 1. The Hall–Kier alpha value is -2.58. The number of amides is 1. The molecule has 0 spiro atoms. The van der Waals surface area contributed by atoms with E-state index in [2.05, 4.69) is 30.9 Å². The number of hydrogen-bond acceptors (Lipinski definition) is 7.